The van der Waals surface area contributed by atoms with Crippen LogP contribution in [0, 0.1) is 20.8 Å². The molecule has 1 rings (SSSR count). The van der Waals surface area contributed by atoms with E-state index in [0.717, 1.165) is 18.5 Å². The van der Waals surface area contributed by atoms with Gasteiger partial charge in [0.05, 0.1) is 6.10 Å². The SMILES string of the molecule is CCCNCC(O)c1c(C)cc(C)cc1C. The summed E-state index contributed by atoms with van der Waals surface area (Å²) in [5.41, 5.74) is 4.70. The van der Waals surface area contributed by atoms with Crippen LogP contribution in [0.5, 0.6) is 0 Å². The Morgan fingerprint density at radius 2 is 1.75 bits per heavy atom. The Kier molecular flexibility index (Phi) is 4.97. The summed E-state index contributed by atoms with van der Waals surface area (Å²) < 4.78 is 0. The maximum absolute atomic E-state index is 10.1. The van der Waals surface area contributed by atoms with Crippen LogP contribution in [-0.2, 0) is 0 Å². The lowest BCUT2D eigenvalue weighted by molar-refractivity contribution is 0.173. The molecule has 0 radical (unpaired) electrons. The quantitative estimate of drug-likeness (QED) is 0.749. The second-order valence-corrected chi connectivity index (χ2v) is 4.53. The number of hydrogen-bond donors (Lipinski definition) is 2. The van der Waals surface area contributed by atoms with Crippen LogP contribution in [0.2, 0.25) is 0 Å². The van der Waals surface area contributed by atoms with Gasteiger partial charge < -0.3 is 10.4 Å². The molecule has 2 N–H and O–H groups in total. The van der Waals surface area contributed by atoms with Gasteiger partial charge >= 0.3 is 0 Å². The zero-order valence-corrected chi connectivity index (χ0v) is 10.8. The van der Waals surface area contributed by atoms with Crippen molar-refractivity contribution in [3.63, 3.8) is 0 Å². The maximum Gasteiger partial charge on any atom is 0.0919 e. The van der Waals surface area contributed by atoms with Crippen LogP contribution in [0.15, 0.2) is 12.1 Å². The van der Waals surface area contributed by atoms with E-state index in [1.54, 1.807) is 0 Å². The first-order chi connectivity index (χ1) is 7.56. The lowest BCUT2D eigenvalue weighted by Gasteiger charge is -2.18. The smallest absolute Gasteiger partial charge is 0.0919 e. The number of aliphatic hydroxyl groups excluding tert-OH is 1. The highest BCUT2D eigenvalue weighted by atomic mass is 16.3. The minimum Gasteiger partial charge on any atom is -0.387 e. The third-order valence-corrected chi connectivity index (χ3v) is 2.84. The van der Waals surface area contributed by atoms with Gasteiger partial charge in [0.15, 0.2) is 0 Å². The molecule has 90 valence electrons. The summed E-state index contributed by atoms with van der Waals surface area (Å²) in [4.78, 5) is 0. The molecule has 0 aliphatic carbocycles. The maximum atomic E-state index is 10.1. The molecule has 0 saturated carbocycles. The zero-order valence-electron chi connectivity index (χ0n) is 10.8. The molecule has 1 aromatic rings. The average Bonchev–Trinajstić information content (AvgIpc) is 2.16. The third-order valence-electron chi connectivity index (χ3n) is 2.84. The van der Waals surface area contributed by atoms with Gasteiger partial charge in [0.25, 0.3) is 0 Å². The Labute approximate surface area is 98.7 Å². The largest absolute Gasteiger partial charge is 0.387 e. The molecule has 0 saturated heterocycles. The Morgan fingerprint density at radius 1 is 1.19 bits per heavy atom. The molecule has 0 aromatic heterocycles. The Morgan fingerprint density at radius 3 is 2.25 bits per heavy atom. The summed E-state index contributed by atoms with van der Waals surface area (Å²) in [6.07, 6.45) is 0.700. The van der Waals surface area contributed by atoms with Gasteiger partial charge in [-0.3, -0.25) is 0 Å². The van der Waals surface area contributed by atoms with E-state index < -0.39 is 6.10 Å². The van der Waals surface area contributed by atoms with Gasteiger partial charge in [0.1, 0.15) is 0 Å². The zero-order chi connectivity index (χ0) is 12.1. The van der Waals surface area contributed by atoms with E-state index in [1.165, 1.54) is 16.7 Å². The van der Waals surface area contributed by atoms with Gasteiger partial charge in [-0.2, -0.15) is 0 Å². The number of benzene rings is 1. The van der Waals surface area contributed by atoms with Gasteiger partial charge in [-0.05, 0) is 50.4 Å². The van der Waals surface area contributed by atoms with E-state index in [1.807, 2.05) is 0 Å². The van der Waals surface area contributed by atoms with Crippen LogP contribution >= 0.6 is 0 Å². The number of aliphatic hydroxyl groups is 1. The molecule has 16 heavy (non-hydrogen) atoms. The van der Waals surface area contributed by atoms with E-state index in [4.69, 9.17) is 0 Å². The molecule has 0 heterocycles. The summed E-state index contributed by atoms with van der Waals surface area (Å²) in [5.74, 6) is 0. The fourth-order valence-electron chi connectivity index (χ4n) is 2.23. The minimum atomic E-state index is -0.396. The highest BCUT2D eigenvalue weighted by molar-refractivity contribution is 5.39. The van der Waals surface area contributed by atoms with Crippen LogP contribution in [0.1, 0.15) is 41.7 Å². The highest BCUT2D eigenvalue weighted by Crippen LogP contribution is 2.22. The van der Waals surface area contributed by atoms with Gasteiger partial charge in [-0.15, -0.1) is 0 Å². The van der Waals surface area contributed by atoms with Crippen molar-refractivity contribution in [2.75, 3.05) is 13.1 Å². The van der Waals surface area contributed by atoms with E-state index >= 15 is 0 Å². The second kappa shape index (κ2) is 6.02. The molecular weight excluding hydrogens is 198 g/mol. The Balaban J connectivity index is 2.78. The fraction of sp³-hybridized carbons (Fsp3) is 0.571. The highest BCUT2D eigenvalue weighted by Gasteiger charge is 2.12. The van der Waals surface area contributed by atoms with Crippen molar-refractivity contribution in [3.05, 3.63) is 34.4 Å². The molecule has 0 fully saturated rings. The molecule has 0 aliphatic rings. The normalized spacial score (nSPS) is 12.8. The molecule has 1 unspecified atom stereocenters. The predicted octanol–water partition coefficient (Wildman–Crippen LogP) is 2.64. The van der Waals surface area contributed by atoms with E-state index in [-0.39, 0.29) is 0 Å². The van der Waals surface area contributed by atoms with Crippen molar-refractivity contribution >= 4 is 0 Å². The molecule has 2 heteroatoms. The van der Waals surface area contributed by atoms with Crippen LogP contribution in [0.25, 0.3) is 0 Å². The molecule has 2 nitrogen and oxygen atoms in total. The second-order valence-electron chi connectivity index (χ2n) is 4.53. The molecule has 0 bridgehead atoms. The Bertz CT molecular complexity index is 324. The van der Waals surface area contributed by atoms with E-state index in [0.29, 0.717) is 6.54 Å². The average molecular weight is 221 g/mol. The third kappa shape index (κ3) is 3.32. The standard InChI is InChI=1S/C14H23NO/c1-5-6-15-9-13(16)14-11(3)7-10(2)8-12(14)4/h7-8,13,15-16H,5-6,9H2,1-4H3. The predicted molar refractivity (Wildman–Crippen MR) is 68.8 cm³/mol. The van der Waals surface area contributed by atoms with Crippen molar-refractivity contribution in [3.8, 4) is 0 Å². The van der Waals surface area contributed by atoms with Crippen LogP contribution in [0.3, 0.4) is 0 Å². The van der Waals surface area contributed by atoms with Gasteiger partial charge in [0, 0.05) is 6.54 Å². The molecular formula is C14H23NO. The summed E-state index contributed by atoms with van der Waals surface area (Å²) >= 11 is 0. The minimum absolute atomic E-state index is 0.396. The Hall–Kier alpha value is -0.860. The molecule has 0 aliphatic heterocycles. The first kappa shape index (κ1) is 13.2. The van der Waals surface area contributed by atoms with Crippen LogP contribution < -0.4 is 5.32 Å². The number of nitrogens with one attached hydrogen (secondary N) is 1. The van der Waals surface area contributed by atoms with Crippen molar-refractivity contribution in [2.45, 2.75) is 40.2 Å². The molecule has 0 amide bonds. The number of rotatable bonds is 5. The topological polar surface area (TPSA) is 32.3 Å². The van der Waals surface area contributed by atoms with Crippen molar-refractivity contribution < 1.29 is 5.11 Å². The number of aryl methyl sites for hydroxylation is 3. The van der Waals surface area contributed by atoms with Gasteiger partial charge in [0.2, 0.25) is 0 Å². The molecule has 0 spiro atoms. The summed E-state index contributed by atoms with van der Waals surface area (Å²) in [6.45, 7) is 9.95. The van der Waals surface area contributed by atoms with Crippen LogP contribution in [0.4, 0.5) is 0 Å². The van der Waals surface area contributed by atoms with Crippen molar-refractivity contribution in [1.29, 1.82) is 0 Å². The van der Waals surface area contributed by atoms with E-state index in [9.17, 15) is 5.11 Å². The summed E-state index contributed by atoms with van der Waals surface area (Å²) in [5, 5.41) is 13.4. The summed E-state index contributed by atoms with van der Waals surface area (Å²) in [6, 6.07) is 4.26. The van der Waals surface area contributed by atoms with Crippen LogP contribution in [-0.4, -0.2) is 18.2 Å². The first-order valence-corrected chi connectivity index (χ1v) is 6.02. The lowest BCUT2D eigenvalue weighted by Crippen LogP contribution is -2.23. The van der Waals surface area contributed by atoms with Crippen molar-refractivity contribution in [2.24, 2.45) is 0 Å². The number of hydrogen-bond acceptors (Lipinski definition) is 2. The van der Waals surface area contributed by atoms with E-state index in [2.05, 4.69) is 45.1 Å². The lowest BCUT2D eigenvalue weighted by atomic mass is 9.95. The monoisotopic (exact) mass is 221 g/mol. The van der Waals surface area contributed by atoms with Gasteiger partial charge in [-0.25, -0.2) is 0 Å². The van der Waals surface area contributed by atoms with Gasteiger partial charge in [-0.1, -0.05) is 24.6 Å². The van der Waals surface area contributed by atoms with Crippen molar-refractivity contribution in [1.82, 2.24) is 5.32 Å². The molecule has 1 atom stereocenters. The fourth-order valence-corrected chi connectivity index (χ4v) is 2.23. The summed E-state index contributed by atoms with van der Waals surface area (Å²) in [7, 11) is 0. The first-order valence-electron chi connectivity index (χ1n) is 6.02. The molecule has 1 aromatic carbocycles.